The zero-order chi connectivity index (χ0) is 28.2. The summed E-state index contributed by atoms with van der Waals surface area (Å²) in [6, 6.07) is 12.1. The van der Waals surface area contributed by atoms with E-state index >= 15 is 0 Å². The minimum atomic E-state index is -0.954. The number of benzene rings is 2. The fourth-order valence-electron chi connectivity index (χ4n) is 8.28. The van der Waals surface area contributed by atoms with Crippen LogP contribution in [0, 0.1) is 12.8 Å². The number of likely N-dealkylation sites (tertiary alicyclic amines) is 1. The number of carbonyl (C=O) groups is 1. The van der Waals surface area contributed by atoms with Crippen molar-refractivity contribution < 1.29 is 19.4 Å². The Balaban J connectivity index is 1.43. The van der Waals surface area contributed by atoms with Crippen LogP contribution in [0.25, 0.3) is 6.08 Å². The zero-order valence-electron chi connectivity index (χ0n) is 24.2. The monoisotopic (exact) mass is 542 g/mol. The molecule has 0 unspecified atom stereocenters. The Hall–Kier alpha value is -3.09. The van der Waals surface area contributed by atoms with Crippen LogP contribution in [0.3, 0.4) is 0 Å². The van der Waals surface area contributed by atoms with E-state index < -0.39 is 11.0 Å². The molecule has 2 aromatic rings. The van der Waals surface area contributed by atoms with Crippen molar-refractivity contribution in [1.82, 2.24) is 9.80 Å². The summed E-state index contributed by atoms with van der Waals surface area (Å²) in [5, 5.41) is 12.8. The van der Waals surface area contributed by atoms with Crippen molar-refractivity contribution in [2.45, 2.75) is 75.7 Å². The Bertz CT molecular complexity index is 1350. The highest BCUT2D eigenvalue weighted by Gasteiger charge is 2.73. The molecule has 2 aliphatic carbocycles. The molecular formula is C34H42N2O4. The third-order valence-corrected chi connectivity index (χ3v) is 9.82. The van der Waals surface area contributed by atoms with Crippen LogP contribution >= 0.6 is 0 Å². The lowest BCUT2D eigenvalue weighted by atomic mass is 9.48. The van der Waals surface area contributed by atoms with Gasteiger partial charge in [0, 0.05) is 30.8 Å². The molecule has 40 heavy (non-hydrogen) atoms. The Labute approximate surface area is 238 Å². The van der Waals surface area contributed by atoms with Gasteiger partial charge < -0.3 is 19.5 Å². The number of nitrogens with zero attached hydrogens (tertiary/aromatic N) is 2. The summed E-state index contributed by atoms with van der Waals surface area (Å²) in [5.41, 5.74) is 2.97. The number of aryl methyl sites for hydroxylation is 1. The first kappa shape index (κ1) is 27.1. The fourth-order valence-corrected chi connectivity index (χ4v) is 8.28. The molecule has 0 aromatic heterocycles. The van der Waals surface area contributed by atoms with Crippen molar-refractivity contribution in [1.29, 1.82) is 0 Å². The average molecular weight is 543 g/mol. The summed E-state index contributed by atoms with van der Waals surface area (Å²) in [7, 11) is 1.67. The number of methoxy groups -OCH3 is 1. The molecule has 212 valence electrons. The topological polar surface area (TPSA) is 62.2 Å². The van der Waals surface area contributed by atoms with E-state index in [1.807, 2.05) is 35.3 Å². The molecule has 2 bridgehead atoms. The minimum Gasteiger partial charge on any atom is -0.493 e. The molecule has 2 fully saturated rings. The third-order valence-electron chi connectivity index (χ3n) is 9.82. The first-order chi connectivity index (χ1) is 19.2. The van der Waals surface area contributed by atoms with Gasteiger partial charge in [-0.15, -0.1) is 6.58 Å². The Kier molecular flexibility index (Phi) is 6.82. The van der Waals surface area contributed by atoms with Crippen molar-refractivity contribution in [2.24, 2.45) is 5.92 Å². The molecule has 0 radical (unpaired) electrons. The number of amides is 1. The Morgan fingerprint density at radius 1 is 1.30 bits per heavy atom. The molecule has 1 spiro atoms. The predicted octanol–water partition coefficient (Wildman–Crippen LogP) is 4.91. The number of hydrogen-bond donors (Lipinski definition) is 1. The van der Waals surface area contributed by atoms with Crippen molar-refractivity contribution in [3.8, 4) is 11.5 Å². The van der Waals surface area contributed by atoms with Crippen LogP contribution in [0.4, 0.5) is 0 Å². The number of carbonyl (C=O) groups excluding carboxylic acids is 1. The number of rotatable bonds is 8. The summed E-state index contributed by atoms with van der Waals surface area (Å²) < 4.78 is 12.7. The third kappa shape index (κ3) is 3.94. The molecule has 6 nitrogen and oxygen atoms in total. The Morgan fingerprint density at radius 2 is 2.12 bits per heavy atom. The zero-order valence-corrected chi connectivity index (χ0v) is 24.2. The predicted molar refractivity (Wildman–Crippen MR) is 158 cm³/mol. The lowest BCUT2D eigenvalue weighted by Crippen LogP contribution is -2.78. The molecule has 1 amide bonds. The molecule has 2 aromatic carbocycles. The molecule has 4 aliphatic rings. The SMILES string of the molecule is C=CCN1CC[C@]23c4c5ccc(OC)c4O[C@H]2[C@@H](N(CC(C)C)C(=O)C=Cc2cccc(C)c2)CC[C@@]3(O)[C@H]1C5. The lowest BCUT2D eigenvalue weighted by Gasteiger charge is -2.64. The van der Waals surface area contributed by atoms with Crippen LogP contribution in [0.5, 0.6) is 11.5 Å². The van der Waals surface area contributed by atoms with E-state index in [4.69, 9.17) is 9.47 Å². The van der Waals surface area contributed by atoms with Gasteiger partial charge in [0.2, 0.25) is 5.91 Å². The summed E-state index contributed by atoms with van der Waals surface area (Å²) >= 11 is 0. The largest absolute Gasteiger partial charge is 0.493 e. The average Bonchev–Trinajstić information content (AvgIpc) is 3.28. The van der Waals surface area contributed by atoms with E-state index in [9.17, 15) is 9.90 Å². The van der Waals surface area contributed by atoms with Gasteiger partial charge in [-0.25, -0.2) is 0 Å². The van der Waals surface area contributed by atoms with Gasteiger partial charge in [0.1, 0.15) is 6.10 Å². The van der Waals surface area contributed by atoms with Crippen molar-refractivity contribution >= 4 is 12.0 Å². The smallest absolute Gasteiger partial charge is 0.246 e. The van der Waals surface area contributed by atoms with Gasteiger partial charge in [0.25, 0.3) is 0 Å². The van der Waals surface area contributed by atoms with Gasteiger partial charge in [-0.1, -0.05) is 55.8 Å². The van der Waals surface area contributed by atoms with Gasteiger partial charge in [-0.3, -0.25) is 9.69 Å². The number of aliphatic hydroxyl groups is 1. The lowest BCUT2D eigenvalue weighted by molar-refractivity contribution is -0.199. The minimum absolute atomic E-state index is 0.00903. The van der Waals surface area contributed by atoms with Crippen LogP contribution in [0.15, 0.2) is 55.1 Å². The molecular weight excluding hydrogens is 500 g/mol. The van der Waals surface area contributed by atoms with Crippen molar-refractivity contribution in [3.05, 3.63) is 77.4 Å². The van der Waals surface area contributed by atoms with Crippen molar-refractivity contribution in [2.75, 3.05) is 26.7 Å². The molecule has 5 atom stereocenters. The van der Waals surface area contributed by atoms with Crippen LogP contribution in [-0.2, 0) is 16.6 Å². The van der Waals surface area contributed by atoms with Gasteiger partial charge in [-0.05, 0) is 68.3 Å². The van der Waals surface area contributed by atoms with Crippen molar-refractivity contribution in [3.63, 3.8) is 0 Å². The van der Waals surface area contributed by atoms with Crippen LogP contribution in [0.2, 0.25) is 0 Å². The van der Waals surface area contributed by atoms with Gasteiger partial charge in [0.15, 0.2) is 11.5 Å². The molecule has 6 heteroatoms. The summed E-state index contributed by atoms with van der Waals surface area (Å²) in [5.74, 6) is 1.75. The summed E-state index contributed by atoms with van der Waals surface area (Å²) in [4.78, 5) is 18.4. The second-order valence-electron chi connectivity index (χ2n) is 12.6. The molecule has 2 aliphatic heterocycles. The quantitative estimate of drug-likeness (QED) is 0.379. The van der Waals surface area contributed by atoms with E-state index in [1.165, 1.54) is 5.56 Å². The number of piperidine rings is 1. The van der Waals surface area contributed by atoms with Gasteiger partial charge in [-0.2, -0.15) is 0 Å². The normalized spacial score (nSPS) is 30.2. The summed E-state index contributed by atoms with van der Waals surface area (Å²) in [6.45, 7) is 12.6. The van der Waals surface area contributed by atoms with Gasteiger partial charge in [0.05, 0.1) is 24.2 Å². The Morgan fingerprint density at radius 3 is 2.85 bits per heavy atom. The second kappa shape index (κ2) is 10.1. The van der Waals surface area contributed by atoms with Crippen LogP contribution in [0.1, 0.15) is 55.4 Å². The number of hydrogen-bond acceptors (Lipinski definition) is 5. The maximum atomic E-state index is 13.9. The standard InChI is InChI=1S/C34H42N2O4/c1-6-17-35-18-16-33-30-25-11-12-27(39-5)31(30)40-32(33)26(14-15-34(33,38)28(35)20-25)36(21-22(2)3)29(37)13-10-24-9-7-8-23(4)19-24/h6-13,19,22,26,28,32,38H,1,14-18,20-21H2,2-5H3/t26-,28+,32-,33-,34+/m0/s1. The maximum absolute atomic E-state index is 13.9. The van der Waals surface area contributed by atoms with Crippen LogP contribution in [-0.4, -0.2) is 71.3 Å². The molecule has 1 N–H and O–H groups in total. The first-order valence-electron chi connectivity index (χ1n) is 14.7. The first-order valence-corrected chi connectivity index (χ1v) is 14.7. The van der Waals surface area contributed by atoms with E-state index in [0.717, 1.165) is 48.4 Å². The molecule has 6 rings (SSSR count). The second-order valence-corrected chi connectivity index (χ2v) is 12.6. The molecule has 1 saturated heterocycles. The molecule has 2 heterocycles. The highest BCUT2D eigenvalue weighted by atomic mass is 16.5. The highest BCUT2D eigenvalue weighted by molar-refractivity contribution is 5.92. The fraction of sp³-hybridized carbons (Fsp3) is 0.500. The summed E-state index contributed by atoms with van der Waals surface area (Å²) in [6.07, 6.45) is 8.06. The number of ether oxygens (including phenoxy) is 2. The highest BCUT2D eigenvalue weighted by Crippen LogP contribution is 2.66. The van der Waals surface area contributed by atoms with E-state index in [2.05, 4.69) is 50.4 Å². The van der Waals surface area contributed by atoms with Crippen LogP contribution < -0.4 is 9.47 Å². The van der Waals surface area contributed by atoms with E-state index in [-0.39, 0.29) is 30.0 Å². The van der Waals surface area contributed by atoms with E-state index in [1.54, 1.807) is 13.2 Å². The van der Waals surface area contributed by atoms with E-state index in [0.29, 0.717) is 25.1 Å². The van der Waals surface area contributed by atoms with Gasteiger partial charge >= 0.3 is 0 Å². The molecule has 1 saturated carbocycles. The maximum Gasteiger partial charge on any atom is 0.246 e.